The van der Waals surface area contributed by atoms with Gasteiger partial charge in [-0.05, 0) is 32.4 Å². The van der Waals surface area contributed by atoms with Gasteiger partial charge in [-0.1, -0.05) is 30.3 Å². The number of aryl methyl sites for hydroxylation is 1. The number of likely N-dealkylation sites (tertiary alicyclic amines) is 1. The number of benzene rings is 1. The Balaban J connectivity index is 1.74. The molecule has 136 valence electrons. The van der Waals surface area contributed by atoms with Gasteiger partial charge in [0.2, 0.25) is 5.82 Å². The number of aromatic nitrogens is 4. The number of aliphatic hydroxyl groups is 1. The summed E-state index contributed by atoms with van der Waals surface area (Å²) >= 11 is 1.58. The summed E-state index contributed by atoms with van der Waals surface area (Å²) in [5.74, 6) is 1.24. The van der Waals surface area contributed by atoms with Gasteiger partial charge >= 0.3 is 0 Å². The van der Waals surface area contributed by atoms with Gasteiger partial charge in [0, 0.05) is 18.5 Å². The number of nitrogens with zero attached hydrogens (tertiary/aromatic N) is 5. The van der Waals surface area contributed by atoms with Crippen molar-refractivity contribution in [3.05, 3.63) is 52.1 Å². The number of thiazole rings is 1. The lowest BCUT2D eigenvalue weighted by Crippen LogP contribution is -2.42. The van der Waals surface area contributed by atoms with Crippen molar-refractivity contribution in [2.24, 2.45) is 0 Å². The minimum Gasteiger partial charge on any atom is -0.382 e. The Bertz CT molecular complexity index is 880. The molecule has 0 radical (unpaired) electrons. The lowest BCUT2D eigenvalue weighted by molar-refractivity contribution is -0.0307. The summed E-state index contributed by atoms with van der Waals surface area (Å²) < 4.78 is 1.85. The van der Waals surface area contributed by atoms with Crippen LogP contribution >= 0.6 is 11.3 Å². The molecule has 1 aromatic carbocycles. The molecule has 7 heteroatoms. The summed E-state index contributed by atoms with van der Waals surface area (Å²) in [5.41, 5.74) is 0.964. The highest BCUT2D eigenvalue weighted by atomic mass is 32.1. The van der Waals surface area contributed by atoms with E-state index in [0.29, 0.717) is 31.0 Å². The number of rotatable bonds is 4. The quantitative estimate of drug-likeness (QED) is 0.766. The van der Waals surface area contributed by atoms with Crippen molar-refractivity contribution in [1.82, 2.24) is 24.6 Å². The second kappa shape index (κ2) is 6.90. The summed E-state index contributed by atoms with van der Waals surface area (Å²) in [5, 5.41) is 19.0. The van der Waals surface area contributed by atoms with Crippen LogP contribution in [0.1, 0.15) is 29.2 Å². The summed E-state index contributed by atoms with van der Waals surface area (Å²) in [6.07, 6.45) is 1.32. The molecule has 0 aliphatic carbocycles. The first-order chi connectivity index (χ1) is 12.5. The van der Waals surface area contributed by atoms with Crippen LogP contribution in [0.4, 0.5) is 0 Å². The van der Waals surface area contributed by atoms with E-state index in [9.17, 15) is 5.11 Å². The maximum Gasteiger partial charge on any atom is 0.201 e. The highest BCUT2D eigenvalue weighted by molar-refractivity contribution is 7.09. The van der Waals surface area contributed by atoms with Crippen LogP contribution in [0.3, 0.4) is 0 Å². The van der Waals surface area contributed by atoms with Gasteiger partial charge < -0.3 is 10.0 Å². The SMILES string of the molecule is Cc1nc(-c2nc(C3(O)CCN(C)CC3)n(Cc3ccccc3)n2)cs1. The Morgan fingerprint density at radius 1 is 1.15 bits per heavy atom. The van der Waals surface area contributed by atoms with Gasteiger partial charge in [0.1, 0.15) is 11.3 Å². The van der Waals surface area contributed by atoms with Gasteiger partial charge in [0.05, 0.1) is 11.6 Å². The smallest absolute Gasteiger partial charge is 0.201 e. The summed E-state index contributed by atoms with van der Waals surface area (Å²) in [6, 6.07) is 10.2. The monoisotopic (exact) mass is 369 g/mol. The molecule has 1 fully saturated rings. The normalized spacial score (nSPS) is 17.5. The first-order valence-corrected chi connectivity index (χ1v) is 9.74. The third kappa shape index (κ3) is 3.42. The average Bonchev–Trinajstić information content (AvgIpc) is 3.25. The minimum absolute atomic E-state index is 0.588. The predicted octanol–water partition coefficient (Wildman–Crippen LogP) is 2.67. The first-order valence-electron chi connectivity index (χ1n) is 8.86. The maximum atomic E-state index is 11.3. The van der Waals surface area contributed by atoms with Crippen molar-refractivity contribution in [1.29, 1.82) is 0 Å². The van der Waals surface area contributed by atoms with Crippen LogP contribution < -0.4 is 0 Å². The molecule has 1 aliphatic rings. The van der Waals surface area contributed by atoms with Gasteiger partial charge in [0.15, 0.2) is 5.82 Å². The molecule has 1 N–H and O–H groups in total. The van der Waals surface area contributed by atoms with E-state index in [2.05, 4.69) is 29.1 Å². The molecule has 3 aromatic rings. The molecular formula is C19H23N5OS. The zero-order valence-corrected chi connectivity index (χ0v) is 15.9. The van der Waals surface area contributed by atoms with E-state index in [0.717, 1.165) is 29.4 Å². The van der Waals surface area contributed by atoms with E-state index in [1.165, 1.54) is 0 Å². The minimum atomic E-state index is -0.947. The highest BCUT2D eigenvalue weighted by Gasteiger charge is 2.38. The van der Waals surface area contributed by atoms with Crippen LogP contribution in [0.25, 0.3) is 11.5 Å². The summed E-state index contributed by atoms with van der Waals surface area (Å²) in [6.45, 7) is 4.25. The number of hydrogen-bond donors (Lipinski definition) is 1. The molecular weight excluding hydrogens is 346 g/mol. The molecule has 0 spiro atoms. The van der Waals surface area contributed by atoms with Crippen molar-refractivity contribution in [2.45, 2.75) is 31.9 Å². The molecule has 0 unspecified atom stereocenters. The van der Waals surface area contributed by atoms with E-state index in [1.807, 2.05) is 35.2 Å². The molecule has 6 nitrogen and oxygen atoms in total. The second-order valence-electron chi connectivity index (χ2n) is 6.99. The van der Waals surface area contributed by atoms with E-state index in [-0.39, 0.29) is 0 Å². The molecule has 0 amide bonds. The van der Waals surface area contributed by atoms with Crippen LogP contribution in [-0.4, -0.2) is 49.9 Å². The van der Waals surface area contributed by atoms with Crippen molar-refractivity contribution < 1.29 is 5.11 Å². The Morgan fingerprint density at radius 2 is 1.88 bits per heavy atom. The van der Waals surface area contributed by atoms with Crippen LogP contribution in [0.2, 0.25) is 0 Å². The Morgan fingerprint density at radius 3 is 2.54 bits per heavy atom. The number of hydrogen-bond acceptors (Lipinski definition) is 6. The van der Waals surface area contributed by atoms with E-state index in [4.69, 9.17) is 10.1 Å². The molecule has 1 saturated heterocycles. The van der Waals surface area contributed by atoms with Gasteiger partial charge in [-0.3, -0.25) is 0 Å². The lowest BCUT2D eigenvalue weighted by atomic mass is 9.90. The Hall–Kier alpha value is -2.09. The second-order valence-corrected chi connectivity index (χ2v) is 8.05. The molecule has 1 aliphatic heterocycles. The first kappa shape index (κ1) is 17.3. The fourth-order valence-electron chi connectivity index (χ4n) is 3.34. The van der Waals surface area contributed by atoms with Gasteiger partial charge in [-0.15, -0.1) is 16.4 Å². The maximum absolute atomic E-state index is 11.3. The van der Waals surface area contributed by atoms with Crippen molar-refractivity contribution in [3.8, 4) is 11.5 Å². The van der Waals surface area contributed by atoms with Crippen LogP contribution in [0.15, 0.2) is 35.7 Å². The number of piperidine rings is 1. The average molecular weight is 369 g/mol. The summed E-state index contributed by atoms with van der Waals surface area (Å²) in [7, 11) is 2.08. The zero-order chi connectivity index (χ0) is 18.1. The predicted molar refractivity (Wildman–Crippen MR) is 102 cm³/mol. The van der Waals surface area contributed by atoms with Gasteiger partial charge in [-0.25, -0.2) is 14.6 Å². The van der Waals surface area contributed by atoms with E-state index >= 15 is 0 Å². The Labute approximate surface area is 157 Å². The van der Waals surface area contributed by atoms with E-state index < -0.39 is 5.60 Å². The largest absolute Gasteiger partial charge is 0.382 e. The molecule has 26 heavy (non-hydrogen) atoms. The van der Waals surface area contributed by atoms with Gasteiger partial charge in [0.25, 0.3) is 0 Å². The Kier molecular flexibility index (Phi) is 4.60. The summed E-state index contributed by atoms with van der Waals surface area (Å²) in [4.78, 5) is 11.5. The standard InChI is InChI=1S/C19H23N5OS/c1-14-20-16(13-26-14)17-21-18(19(25)8-10-23(2)11-9-19)24(22-17)12-15-6-4-3-5-7-15/h3-7,13,25H,8-12H2,1-2H3. The molecule has 0 saturated carbocycles. The van der Waals surface area contributed by atoms with Crippen LogP contribution in [0, 0.1) is 6.92 Å². The lowest BCUT2D eigenvalue weighted by Gasteiger charge is -2.35. The molecule has 0 bridgehead atoms. The molecule has 2 aromatic heterocycles. The molecule has 3 heterocycles. The fraction of sp³-hybridized carbons (Fsp3) is 0.421. The topological polar surface area (TPSA) is 67.1 Å². The third-order valence-corrected chi connectivity index (χ3v) is 5.70. The van der Waals surface area contributed by atoms with Crippen molar-refractivity contribution >= 4 is 11.3 Å². The van der Waals surface area contributed by atoms with Crippen LogP contribution in [-0.2, 0) is 12.1 Å². The zero-order valence-electron chi connectivity index (χ0n) is 15.1. The fourth-order valence-corrected chi connectivity index (χ4v) is 3.93. The van der Waals surface area contributed by atoms with Crippen molar-refractivity contribution in [2.75, 3.05) is 20.1 Å². The third-order valence-electron chi connectivity index (χ3n) is 4.93. The highest BCUT2D eigenvalue weighted by Crippen LogP contribution is 2.33. The molecule has 4 rings (SSSR count). The van der Waals surface area contributed by atoms with Gasteiger partial charge in [-0.2, -0.15) is 0 Å². The van der Waals surface area contributed by atoms with E-state index in [1.54, 1.807) is 11.3 Å². The molecule has 0 atom stereocenters. The van der Waals surface area contributed by atoms with Crippen molar-refractivity contribution in [3.63, 3.8) is 0 Å². The van der Waals surface area contributed by atoms with Crippen LogP contribution in [0.5, 0.6) is 0 Å².